The third-order valence-corrected chi connectivity index (χ3v) is 4.63. The van der Waals surface area contributed by atoms with E-state index in [9.17, 15) is 8.42 Å². The summed E-state index contributed by atoms with van der Waals surface area (Å²) in [4.78, 5) is 0. The zero-order valence-electron chi connectivity index (χ0n) is 11.3. The zero-order valence-corrected chi connectivity index (χ0v) is 12.1. The topological polar surface area (TPSA) is 55.4 Å². The van der Waals surface area contributed by atoms with Crippen LogP contribution in [-0.2, 0) is 9.84 Å². The molecule has 0 amide bonds. The lowest BCUT2D eigenvalue weighted by molar-refractivity contribution is 0.331. The number of rotatable bonds is 6. The summed E-state index contributed by atoms with van der Waals surface area (Å²) in [6.45, 7) is 4.17. The molecule has 0 heterocycles. The van der Waals surface area contributed by atoms with E-state index >= 15 is 0 Å². The number of para-hydroxylation sites is 1. The van der Waals surface area contributed by atoms with Crippen LogP contribution in [0, 0.1) is 0 Å². The molecule has 18 heavy (non-hydrogen) atoms. The predicted molar refractivity (Wildman–Crippen MR) is 73.7 cm³/mol. The summed E-state index contributed by atoms with van der Waals surface area (Å²) in [5, 5.41) is 2.55. The third-order valence-electron chi connectivity index (χ3n) is 3.01. The highest BCUT2D eigenvalue weighted by atomic mass is 32.2. The molecule has 0 aromatic heterocycles. The minimum atomic E-state index is -3.11. The van der Waals surface area contributed by atoms with Gasteiger partial charge in [-0.15, -0.1) is 0 Å². The molecule has 0 aliphatic heterocycles. The Morgan fingerprint density at radius 2 is 1.94 bits per heavy atom. The lowest BCUT2D eigenvalue weighted by Gasteiger charge is -2.24. The molecule has 4 nitrogen and oxygen atoms in total. The van der Waals surface area contributed by atoms with E-state index in [0.717, 1.165) is 11.3 Å². The smallest absolute Gasteiger partial charge is 0.151 e. The molecular weight excluding hydrogens is 250 g/mol. The molecule has 2 unspecified atom stereocenters. The first-order valence-corrected chi connectivity index (χ1v) is 7.95. The van der Waals surface area contributed by atoms with Gasteiger partial charge in [-0.05, 0) is 27.0 Å². The van der Waals surface area contributed by atoms with Crippen LogP contribution in [0.5, 0.6) is 5.75 Å². The monoisotopic (exact) mass is 271 g/mol. The summed E-state index contributed by atoms with van der Waals surface area (Å²) in [7, 11) is -1.35. The van der Waals surface area contributed by atoms with E-state index in [4.69, 9.17) is 4.74 Å². The van der Waals surface area contributed by atoms with Crippen LogP contribution in [0.2, 0.25) is 0 Å². The maximum absolute atomic E-state index is 11.7. The van der Waals surface area contributed by atoms with Crippen molar-refractivity contribution in [2.24, 2.45) is 0 Å². The largest absolute Gasteiger partial charge is 0.494 e. The van der Waals surface area contributed by atoms with E-state index in [1.807, 2.05) is 31.2 Å². The van der Waals surface area contributed by atoms with Crippen molar-refractivity contribution in [2.75, 3.05) is 19.9 Å². The lowest BCUT2D eigenvalue weighted by atomic mass is 10.0. The van der Waals surface area contributed by atoms with Gasteiger partial charge < -0.3 is 10.1 Å². The van der Waals surface area contributed by atoms with Gasteiger partial charge in [0.15, 0.2) is 9.84 Å². The first kappa shape index (κ1) is 15.0. The van der Waals surface area contributed by atoms with Crippen molar-refractivity contribution in [3.63, 3.8) is 0 Å². The molecule has 1 aromatic rings. The number of benzene rings is 1. The van der Waals surface area contributed by atoms with Crippen LogP contribution in [0.4, 0.5) is 0 Å². The molecule has 102 valence electrons. The third kappa shape index (κ3) is 3.46. The number of ether oxygens (including phenoxy) is 1. The van der Waals surface area contributed by atoms with E-state index < -0.39 is 15.1 Å². The minimum absolute atomic E-state index is 0.275. The van der Waals surface area contributed by atoms with E-state index in [2.05, 4.69) is 5.32 Å². The number of sulfone groups is 1. The van der Waals surface area contributed by atoms with Gasteiger partial charge in [0.2, 0.25) is 0 Å². The Bertz CT molecular complexity index is 485. The first-order chi connectivity index (χ1) is 8.41. The second-order valence-electron chi connectivity index (χ2n) is 4.27. The van der Waals surface area contributed by atoms with Crippen molar-refractivity contribution < 1.29 is 13.2 Å². The highest BCUT2D eigenvalue weighted by molar-refractivity contribution is 7.91. The summed E-state index contributed by atoms with van der Waals surface area (Å²) in [6, 6.07) is 7.25. The maximum Gasteiger partial charge on any atom is 0.151 e. The molecule has 2 atom stereocenters. The number of hydrogen-bond acceptors (Lipinski definition) is 4. The van der Waals surface area contributed by atoms with Gasteiger partial charge in [-0.25, -0.2) is 8.42 Å². The number of nitrogens with one attached hydrogen (secondary N) is 1. The van der Waals surface area contributed by atoms with Gasteiger partial charge in [-0.3, -0.25) is 0 Å². The molecule has 0 bridgehead atoms. The quantitative estimate of drug-likeness (QED) is 0.857. The molecule has 1 N–H and O–H groups in total. The van der Waals surface area contributed by atoms with Gasteiger partial charge in [0.1, 0.15) is 5.75 Å². The standard InChI is InChI=1S/C13H21NO3S/c1-5-17-12-9-7-6-8-11(12)13(14-3)10(2)18(4,15)16/h6-10,13-14H,5H2,1-4H3. The molecule has 5 heteroatoms. The second kappa shape index (κ2) is 6.20. The van der Waals surface area contributed by atoms with Crippen LogP contribution < -0.4 is 10.1 Å². The van der Waals surface area contributed by atoms with Crippen molar-refractivity contribution in [3.05, 3.63) is 29.8 Å². The van der Waals surface area contributed by atoms with Crippen LogP contribution in [0.25, 0.3) is 0 Å². The average Bonchev–Trinajstić information content (AvgIpc) is 2.31. The minimum Gasteiger partial charge on any atom is -0.494 e. The molecule has 0 radical (unpaired) electrons. The second-order valence-corrected chi connectivity index (χ2v) is 6.67. The fourth-order valence-corrected chi connectivity index (χ4v) is 2.69. The first-order valence-electron chi connectivity index (χ1n) is 5.99. The lowest BCUT2D eigenvalue weighted by Crippen LogP contribution is -2.33. The average molecular weight is 271 g/mol. The van der Waals surface area contributed by atoms with Crippen molar-refractivity contribution in [1.29, 1.82) is 0 Å². The summed E-state index contributed by atoms with van der Waals surface area (Å²) < 4.78 is 28.9. The van der Waals surface area contributed by atoms with Crippen LogP contribution in [0.15, 0.2) is 24.3 Å². The summed E-state index contributed by atoms with van der Waals surface area (Å²) >= 11 is 0. The van der Waals surface area contributed by atoms with Gasteiger partial charge in [0.05, 0.1) is 17.9 Å². The van der Waals surface area contributed by atoms with Crippen LogP contribution in [0.3, 0.4) is 0 Å². The Labute approximate surface area is 109 Å². The van der Waals surface area contributed by atoms with Gasteiger partial charge >= 0.3 is 0 Å². The van der Waals surface area contributed by atoms with Gasteiger partial charge in [0.25, 0.3) is 0 Å². The zero-order chi connectivity index (χ0) is 13.8. The van der Waals surface area contributed by atoms with Crippen molar-refractivity contribution >= 4 is 9.84 Å². The molecule has 1 aromatic carbocycles. The van der Waals surface area contributed by atoms with Gasteiger partial charge in [-0.2, -0.15) is 0 Å². The Kier molecular flexibility index (Phi) is 5.16. The van der Waals surface area contributed by atoms with E-state index in [1.165, 1.54) is 6.26 Å². The molecule has 1 rings (SSSR count). The molecule has 0 saturated carbocycles. The molecule has 0 fully saturated rings. The van der Waals surface area contributed by atoms with E-state index in [1.54, 1.807) is 14.0 Å². The van der Waals surface area contributed by atoms with Crippen molar-refractivity contribution in [1.82, 2.24) is 5.32 Å². The Morgan fingerprint density at radius 1 is 1.33 bits per heavy atom. The highest BCUT2D eigenvalue weighted by Crippen LogP contribution is 2.29. The van der Waals surface area contributed by atoms with Crippen molar-refractivity contribution in [2.45, 2.75) is 25.1 Å². The molecule has 0 saturated heterocycles. The molecule has 0 aliphatic rings. The normalized spacial score (nSPS) is 15.1. The molecule has 0 spiro atoms. The Morgan fingerprint density at radius 3 is 2.44 bits per heavy atom. The SMILES string of the molecule is CCOc1ccccc1C(NC)C(C)S(C)(=O)=O. The van der Waals surface area contributed by atoms with Crippen LogP contribution in [-0.4, -0.2) is 33.6 Å². The summed E-state index contributed by atoms with van der Waals surface area (Å²) in [5.74, 6) is 0.731. The Balaban J connectivity index is 3.16. The molecular formula is C13H21NO3S. The highest BCUT2D eigenvalue weighted by Gasteiger charge is 2.28. The van der Waals surface area contributed by atoms with Crippen LogP contribution in [0.1, 0.15) is 25.5 Å². The summed E-state index contributed by atoms with van der Waals surface area (Å²) in [5.41, 5.74) is 0.875. The maximum atomic E-state index is 11.7. The van der Waals surface area contributed by atoms with Gasteiger partial charge in [-0.1, -0.05) is 18.2 Å². The Hall–Kier alpha value is -1.07. The summed E-state index contributed by atoms with van der Waals surface area (Å²) in [6.07, 6.45) is 1.26. The number of hydrogen-bond donors (Lipinski definition) is 1. The fourth-order valence-electron chi connectivity index (χ4n) is 1.91. The fraction of sp³-hybridized carbons (Fsp3) is 0.538. The van der Waals surface area contributed by atoms with Crippen molar-refractivity contribution in [3.8, 4) is 5.75 Å². The molecule has 0 aliphatic carbocycles. The van der Waals surface area contributed by atoms with Crippen LogP contribution >= 0.6 is 0 Å². The van der Waals surface area contributed by atoms with E-state index in [-0.39, 0.29) is 6.04 Å². The predicted octanol–water partition coefficient (Wildman–Crippen LogP) is 1.78. The van der Waals surface area contributed by atoms with Gasteiger partial charge in [0, 0.05) is 11.8 Å². The van der Waals surface area contributed by atoms with E-state index in [0.29, 0.717) is 6.61 Å².